The van der Waals surface area contributed by atoms with E-state index in [0.717, 1.165) is 23.6 Å². The zero-order valence-electron chi connectivity index (χ0n) is 13.5. The molecule has 0 aromatic carbocycles. The van der Waals surface area contributed by atoms with Crippen molar-refractivity contribution in [2.75, 3.05) is 7.05 Å². The highest BCUT2D eigenvalue weighted by atomic mass is 32.1. The summed E-state index contributed by atoms with van der Waals surface area (Å²) in [5, 5.41) is 5.07. The maximum Gasteiger partial charge on any atom is 0.267 e. The van der Waals surface area contributed by atoms with Gasteiger partial charge in [0.15, 0.2) is 0 Å². The van der Waals surface area contributed by atoms with E-state index in [2.05, 4.69) is 19.0 Å². The number of thiazole rings is 1. The Bertz CT molecular complexity index is 571. The van der Waals surface area contributed by atoms with Crippen molar-refractivity contribution >= 4 is 23.0 Å². The van der Waals surface area contributed by atoms with Gasteiger partial charge in [0.1, 0.15) is 5.01 Å². The number of carbonyl (C=O) groups excluding carboxylic acids is 1. The third-order valence-electron chi connectivity index (χ3n) is 4.27. The summed E-state index contributed by atoms with van der Waals surface area (Å²) in [6.45, 7) is 4.70. The van der Waals surface area contributed by atoms with Crippen molar-refractivity contribution < 1.29 is 9.63 Å². The second-order valence-electron chi connectivity index (χ2n) is 6.41. The predicted octanol–water partition coefficient (Wildman–Crippen LogP) is 2.78. The molecule has 0 N–H and O–H groups in total. The highest BCUT2D eigenvalue weighted by Gasteiger charge is 2.31. The Labute approximate surface area is 135 Å². The average molecular weight is 321 g/mol. The molecule has 5 nitrogen and oxygen atoms in total. The molecule has 1 aliphatic heterocycles. The van der Waals surface area contributed by atoms with E-state index in [1.165, 1.54) is 23.4 Å². The summed E-state index contributed by atoms with van der Waals surface area (Å²) in [5.74, 6) is 0.321. The molecular weight excluding hydrogens is 298 g/mol. The maximum atomic E-state index is 12.5. The van der Waals surface area contributed by atoms with E-state index in [9.17, 15) is 4.79 Å². The van der Waals surface area contributed by atoms with Crippen LogP contribution >= 0.6 is 11.3 Å². The van der Waals surface area contributed by atoms with Crippen LogP contribution in [0.15, 0.2) is 5.16 Å². The van der Waals surface area contributed by atoms with Gasteiger partial charge >= 0.3 is 0 Å². The summed E-state index contributed by atoms with van der Waals surface area (Å²) in [4.78, 5) is 25.6. The number of fused-ring (bicyclic) bond motifs is 1. The lowest BCUT2D eigenvalue weighted by Gasteiger charge is -2.18. The summed E-state index contributed by atoms with van der Waals surface area (Å²) >= 11 is 1.75. The van der Waals surface area contributed by atoms with Crippen molar-refractivity contribution in [1.29, 1.82) is 0 Å². The summed E-state index contributed by atoms with van der Waals surface area (Å²) in [6, 6.07) is 0. The van der Waals surface area contributed by atoms with Crippen molar-refractivity contribution in [3.63, 3.8) is 0 Å². The molecular formula is C16H23N3O2S. The van der Waals surface area contributed by atoms with Gasteiger partial charge in [-0.2, -0.15) is 0 Å². The van der Waals surface area contributed by atoms with Gasteiger partial charge in [-0.15, -0.1) is 11.3 Å². The molecule has 0 saturated carbocycles. The van der Waals surface area contributed by atoms with Gasteiger partial charge in [0.25, 0.3) is 5.91 Å². The molecule has 22 heavy (non-hydrogen) atoms. The number of oxime groups is 1. The number of aryl methyl sites for hydroxylation is 2. The first-order chi connectivity index (χ1) is 10.5. The van der Waals surface area contributed by atoms with Crippen molar-refractivity contribution in [1.82, 2.24) is 9.88 Å². The van der Waals surface area contributed by atoms with Crippen LogP contribution in [0, 0.1) is 5.92 Å². The fourth-order valence-electron chi connectivity index (χ4n) is 2.87. The molecule has 1 unspecified atom stereocenters. The van der Waals surface area contributed by atoms with Crippen LogP contribution in [0.25, 0.3) is 0 Å². The average Bonchev–Trinajstić information content (AvgIpc) is 3.12. The van der Waals surface area contributed by atoms with E-state index in [-0.39, 0.29) is 5.91 Å². The van der Waals surface area contributed by atoms with E-state index in [0.29, 0.717) is 18.9 Å². The monoisotopic (exact) mass is 321 g/mol. The van der Waals surface area contributed by atoms with E-state index in [4.69, 9.17) is 9.82 Å². The fraction of sp³-hybridized carbons (Fsp3) is 0.688. The minimum atomic E-state index is -0.461. The number of hydrogen-bond acceptors (Lipinski definition) is 5. The topological polar surface area (TPSA) is 54.8 Å². The molecule has 3 rings (SSSR count). The molecule has 1 aromatic rings. The lowest BCUT2D eigenvalue weighted by atomic mass is 10.0. The van der Waals surface area contributed by atoms with Crippen LogP contribution in [-0.4, -0.2) is 34.7 Å². The van der Waals surface area contributed by atoms with Crippen molar-refractivity contribution in [3.05, 3.63) is 15.6 Å². The molecule has 0 bridgehead atoms. The summed E-state index contributed by atoms with van der Waals surface area (Å²) in [6.07, 6.45) is 4.86. The predicted molar refractivity (Wildman–Crippen MR) is 87.0 cm³/mol. The molecule has 0 saturated heterocycles. The van der Waals surface area contributed by atoms with Crippen LogP contribution in [0.4, 0.5) is 0 Å². The van der Waals surface area contributed by atoms with Gasteiger partial charge in [-0.05, 0) is 31.6 Å². The molecule has 1 amide bonds. The van der Waals surface area contributed by atoms with Crippen LogP contribution in [0.5, 0.6) is 0 Å². The van der Waals surface area contributed by atoms with Gasteiger partial charge in [0, 0.05) is 18.3 Å². The first kappa shape index (κ1) is 15.5. The number of nitrogens with zero attached hydrogens (tertiary/aromatic N) is 3. The van der Waals surface area contributed by atoms with Crippen molar-refractivity contribution in [3.8, 4) is 0 Å². The lowest BCUT2D eigenvalue weighted by Crippen LogP contribution is -2.36. The normalized spacial score (nSPS) is 20.5. The molecule has 2 heterocycles. The standard InChI is InChI=1S/C16H23N3O2S/c1-10(2)12-8-13(21-18-12)16(20)19(3)9-15-17-11-6-4-5-7-14(11)22-15/h10,13H,4-9H2,1-3H3. The Kier molecular flexibility index (Phi) is 4.47. The van der Waals surface area contributed by atoms with Gasteiger partial charge in [-0.1, -0.05) is 19.0 Å². The van der Waals surface area contributed by atoms with Crippen molar-refractivity contribution in [2.45, 2.75) is 58.6 Å². The van der Waals surface area contributed by atoms with Crippen LogP contribution in [0.3, 0.4) is 0 Å². The third kappa shape index (κ3) is 3.16. The maximum absolute atomic E-state index is 12.5. The SMILES string of the molecule is CC(C)C1=NOC(C(=O)N(C)Cc2nc3c(s2)CCCC3)C1. The number of amides is 1. The first-order valence-electron chi connectivity index (χ1n) is 7.99. The highest BCUT2D eigenvalue weighted by Crippen LogP contribution is 2.27. The number of aromatic nitrogens is 1. The summed E-state index contributed by atoms with van der Waals surface area (Å²) < 4.78 is 0. The van der Waals surface area contributed by atoms with Crippen LogP contribution in [0.1, 0.15) is 48.7 Å². The quantitative estimate of drug-likeness (QED) is 0.857. The number of rotatable bonds is 4. The molecule has 120 valence electrons. The van der Waals surface area contributed by atoms with E-state index in [1.54, 1.807) is 16.2 Å². The second-order valence-corrected chi connectivity index (χ2v) is 7.58. The molecule has 6 heteroatoms. The number of hydrogen-bond donors (Lipinski definition) is 0. The largest absolute Gasteiger partial charge is 0.382 e. The zero-order valence-corrected chi connectivity index (χ0v) is 14.3. The number of likely N-dealkylation sites (N-methyl/N-ethyl adjacent to an activating group) is 1. The Balaban J connectivity index is 1.59. The fourth-order valence-corrected chi connectivity index (χ4v) is 4.08. The molecule has 0 radical (unpaired) electrons. The lowest BCUT2D eigenvalue weighted by molar-refractivity contribution is -0.141. The van der Waals surface area contributed by atoms with Crippen molar-refractivity contribution in [2.24, 2.45) is 11.1 Å². The summed E-state index contributed by atoms with van der Waals surface area (Å²) in [5.41, 5.74) is 2.21. The Hall–Kier alpha value is -1.43. The second kappa shape index (κ2) is 6.36. The molecule has 1 aromatic heterocycles. The molecule has 1 atom stereocenters. The third-order valence-corrected chi connectivity index (χ3v) is 5.41. The molecule has 0 spiro atoms. The van der Waals surface area contributed by atoms with Crippen LogP contribution in [0.2, 0.25) is 0 Å². The Morgan fingerprint density at radius 1 is 1.41 bits per heavy atom. The van der Waals surface area contributed by atoms with Crippen LogP contribution in [-0.2, 0) is 29.0 Å². The zero-order chi connectivity index (χ0) is 15.7. The smallest absolute Gasteiger partial charge is 0.267 e. The first-order valence-corrected chi connectivity index (χ1v) is 8.81. The minimum absolute atomic E-state index is 0.00688. The Morgan fingerprint density at radius 3 is 2.86 bits per heavy atom. The van der Waals surface area contributed by atoms with Gasteiger partial charge in [-0.25, -0.2) is 4.98 Å². The molecule has 1 aliphatic carbocycles. The van der Waals surface area contributed by atoms with Gasteiger partial charge in [0.05, 0.1) is 18.0 Å². The Morgan fingerprint density at radius 2 is 2.18 bits per heavy atom. The van der Waals surface area contributed by atoms with Gasteiger partial charge in [0.2, 0.25) is 6.10 Å². The van der Waals surface area contributed by atoms with E-state index in [1.807, 2.05) is 7.05 Å². The number of carbonyl (C=O) groups is 1. The molecule has 0 fully saturated rings. The van der Waals surface area contributed by atoms with E-state index < -0.39 is 6.10 Å². The highest BCUT2D eigenvalue weighted by molar-refractivity contribution is 7.11. The minimum Gasteiger partial charge on any atom is -0.382 e. The van der Waals surface area contributed by atoms with E-state index >= 15 is 0 Å². The molecule has 2 aliphatic rings. The van der Waals surface area contributed by atoms with Gasteiger partial charge < -0.3 is 9.74 Å². The van der Waals surface area contributed by atoms with Gasteiger partial charge in [-0.3, -0.25) is 4.79 Å². The summed E-state index contributed by atoms with van der Waals surface area (Å²) in [7, 11) is 1.82. The van der Waals surface area contributed by atoms with Crippen LogP contribution < -0.4 is 0 Å².